The van der Waals surface area contributed by atoms with Gasteiger partial charge >= 0.3 is 0 Å². The Morgan fingerprint density at radius 2 is 1.55 bits per heavy atom. The Morgan fingerprint density at radius 3 is 2.21 bits per heavy atom. The number of hydrogen-bond donors (Lipinski definition) is 0. The van der Waals surface area contributed by atoms with Crippen molar-refractivity contribution < 1.29 is 9.13 Å². The molecule has 0 heterocycles. The van der Waals surface area contributed by atoms with E-state index in [1.807, 2.05) is 24.3 Å². The second kappa shape index (κ2) is 14.8. The summed E-state index contributed by atoms with van der Waals surface area (Å²) in [5.74, 6) is 1.30. The molecule has 2 heteroatoms. The van der Waals surface area contributed by atoms with Gasteiger partial charge in [0.1, 0.15) is 5.83 Å². The summed E-state index contributed by atoms with van der Waals surface area (Å²) in [5.41, 5.74) is 5.47. The maximum absolute atomic E-state index is 16.2. The lowest BCUT2D eigenvalue weighted by molar-refractivity contribution is 0.121. The van der Waals surface area contributed by atoms with Crippen LogP contribution < -0.4 is 0 Å². The zero-order valence-corrected chi connectivity index (χ0v) is 25.3. The largest absolute Gasteiger partial charge is 0.377 e. The summed E-state index contributed by atoms with van der Waals surface area (Å²) in [6, 6.07) is 27.9. The van der Waals surface area contributed by atoms with Crippen LogP contribution >= 0.6 is 0 Å². The molecule has 3 aromatic rings. The molecule has 1 fully saturated rings. The van der Waals surface area contributed by atoms with Crippen LogP contribution in [-0.4, -0.2) is 6.61 Å². The third-order valence-corrected chi connectivity index (χ3v) is 9.45. The molecule has 2 aliphatic rings. The smallest absolute Gasteiger partial charge is 0.111 e. The van der Waals surface area contributed by atoms with E-state index in [2.05, 4.69) is 92.4 Å². The van der Waals surface area contributed by atoms with Gasteiger partial charge in [-0.2, -0.15) is 0 Å². The molecule has 5 rings (SSSR count). The lowest BCUT2D eigenvalue weighted by atomic mass is 9.71. The van der Waals surface area contributed by atoms with Gasteiger partial charge in [-0.05, 0) is 97.1 Å². The van der Waals surface area contributed by atoms with Crippen LogP contribution in [0, 0.1) is 5.92 Å². The second-order valence-corrected chi connectivity index (χ2v) is 12.3. The Labute approximate surface area is 253 Å². The fourth-order valence-electron chi connectivity index (χ4n) is 6.78. The average molecular weight is 563 g/mol. The standard InChI is InChI=1S/C40H47FO/c1-3-28-42-30-33-17-23-36(24-18-33)37-25-27-40(39(41)29-37,38-11-6-5-7-12-38)26-9-8-10-32-15-21-35(22-16-32)34-19-13-31(4-2)14-20-34/h4-7,11-12,15-18,21-25,27,29,31,34,37H,2-3,8-10,13-14,19-20,26,28,30H2,1H3/t31-,34-,37?,40?. The van der Waals surface area contributed by atoms with Gasteiger partial charge in [-0.3, -0.25) is 0 Å². The zero-order chi connectivity index (χ0) is 29.2. The molecule has 2 atom stereocenters. The zero-order valence-electron chi connectivity index (χ0n) is 25.3. The molecule has 1 saturated carbocycles. The van der Waals surface area contributed by atoms with Crippen molar-refractivity contribution in [2.45, 2.75) is 88.6 Å². The van der Waals surface area contributed by atoms with Crippen LogP contribution in [0.4, 0.5) is 4.39 Å². The Bertz CT molecular complexity index is 1310. The molecule has 0 bridgehead atoms. The summed E-state index contributed by atoms with van der Waals surface area (Å²) in [4.78, 5) is 0. The van der Waals surface area contributed by atoms with Gasteiger partial charge in [0.15, 0.2) is 0 Å². The van der Waals surface area contributed by atoms with Crippen LogP contribution in [0.15, 0.2) is 116 Å². The fourth-order valence-corrected chi connectivity index (χ4v) is 6.78. The first kappa shape index (κ1) is 30.2. The third-order valence-electron chi connectivity index (χ3n) is 9.45. The molecule has 0 aromatic heterocycles. The van der Waals surface area contributed by atoms with E-state index >= 15 is 4.39 Å². The molecule has 2 unspecified atom stereocenters. The van der Waals surface area contributed by atoms with Crippen molar-refractivity contribution in [2.75, 3.05) is 6.61 Å². The molecular weight excluding hydrogens is 515 g/mol. The second-order valence-electron chi connectivity index (χ2n) is 12.3. The van der Waals surface area contributed by atoms with E-state index in [9.17, 15) is 0 Å². The van der Waals surface area contributed by atoms with Gasteiger partial charge in [0.2, 0.25) is 0 Å². The highest BCUT2D eigenvalue weighted by atomic mass is 19.1. The van der Waals surface area contributed by atoms with Gasteiger partial charge in [0, 0.05) is 12.5 Å². The SMILES string of the molecule is C=C[C@H]1CC[C@H](c2ccc(CCCCC3(c4ccccc4)C=CC(c4ccc(COCCC)cc4)C=C3F)cc2)CC1. The van der Waals surface area contributed by atoms with Crippen molar-refractivity contribution in [1.29, 1.82) is 0 Å². The van der Waals surface area contributed by atoms with Crippen molar-refractivity contribution in [3.8, 4) is 0 Å². The van der Waals surface area contributed by atoms with E-state index in [1.165, 1.54) is 36.8 Å². The van der Waals surface area contributed by atoms with E-state index in [0.717, 1.165) is 55.4 Å². The minimum atomic E-state index is -0.695. The molecule has 1 nitrogen and oxygen atoms in total. The summed E-state index contributed by atoms with van der Waals surface area (Å²) < 4.78 is 21.9. The minimum Gasteiger partial charge on any atom is -0.377 e. The quantitative estimate of drug-likeness (QED) is 0.149. The predicted octanol–water partition coefficient (Wildman–Crippen LogP) is 10.9. The van der Waals surface area contributed by atoms with E-state index < -0.39 is 5.41 Å². The van der Waals surface area contributed by atoms with Crippen molar-refractivity contribution >= 4 is 0 Å². The van der Waals surface area contributed by atoms with E-state index in [1.54, 1.807) is 0 Å². The number of allylic oxidation sites excluding steroid dienone is 5. The van der Waals surface area contributed by atoms with Crippen LogP contribution in [0.25, 0.3) is 0 Å². The summed E-state index contributed by atoms with van der Waals surface area (Å²) in [5, 5.41) is 0. The van der Waals surface area contributed by atoms with E-state index in [-0.39, 0.29) is 11.7 Å². The Balaban J connectivity index is 1.20. The average Bonchev–Trinajstić information content (AvgIpc) is 3.05. The van der Waals surface area contributed by atoms with Crippen LogP contribution in [-0.2, 0) is 23.2 Å². The normalized spacial score (nSPS) is 23.9. The Kier molecular flexibility index (Phi) is 10.6. The summed E-state index contributed by atoms with van der Waals surface area (Å²) in [6.45, 7) is 7.49. The van der Waals surface area contributed by atoms with Gasteiger partial charge < -0.3 is 4.74 Å². The third kappa shape index (κ3) is 7.39. The first-order valence-corrected chi connectivity index (χ1v) is 16.1. The van der Waals surface area contributed by atoms with E-state index in [4.69, 9.17) is 4.74 Å². The number of ether oxygens (including phenoxy) is 1. The molecule has 2 aliphatic carbocycles. The van der Waals surface area contributed by atoms with Crippen molar-refractivity contribution in [3.63, 3.8) is 0 Å². The summed E-state index contributed by atoms with van der Waals surface area (Å²) >= 11 is 0. The highest BCUT2D eigenvalue weighted by Gasteiger charge is 2.37. The summed E-state index contributed by atoms with van der Waals surface area (Å²) in [7, 11) is 0. The predicted molar refractivity (Wildman–Crippen MR) is 174 cm³/mol. The highest BCUT2D eigenvalue weighted by Crippen LogP contribution is 2.45. The van der Waals surface area contributed by atoms with Crippen LogP contribution in [0.1, 0.15) is 97.9 Å². The maximum Gasteiger partial charge on any atom is 0.111 e. The van der Waals surface area contributed by atoms with Crippen LogP contribution in [0.3, 0.4) is 0 Å². The Hall–Kier alpha value is -3.23. The molecule has 0 saturated heterocycles. The van der Waals surface area contributed by atoms with Crippen LogP contribution in [0.5, 0.6) is 0 Å². The number of hydrogen-bond acceptors (Lipinski definition) is 1. The van der Waals surface area contributed by atoms with Gasteiger partial charge in [-0.15, -0.1) is 6.58 Å². The molecule has 0 spiro atoms. The molecular formula is C40H47FO. The molecule has 3 aromatic carbocycles. The molecule has 220 valence electrons. The van der Waals surface area contributed by atoms with Gasteiger partial charge in [-0.1, -0.05) is 110 Å². The monoisotopic (exact) mass is 562 g/mol. The van der Waals surface area contributed by atoms with Crippen LogP contribution in [0.2, 0.25) is 0 Å². The van der Waals surface area contributed by atoms with Crippen molar-refractivity contribution in [1.82, 2.24) is 0 Å². The number of aryl methyl sites for hydroxylation is 1. The van der Waals surface area contributed by atoms with Crippen molar-refractivity contribution in [3.05, 3.63) is 143 Å². The topological polar surface area (TPSA) is 9.23 Å². The highest BCUT2D eigenvalue weighted by molar-refractivity contribution is 5.46. The lowest BCUT2D eigenvalue weighted by Gasteiger charge is -2.34. The molecule has 42 heavy (non-hydrogen) atoms. The first-order chi connectivity index (χ1) is 20.6. The molecule has 0 N–H and O–H groups in total. The van der Waals surface area contributed by atoms with Gasteiger partial charge in [-0.25, -0.2) is 4.39 Å². The van der Waals surface area contributed by atoms with Crippen molar-refractivity contribution in [2.24, 2.45) is 5.92 Å². The number of unbranched alkanes of at least 4 members (excludes halogenated alkanes) is 1. The number of rotatable bonds is 13. The Morgan fingerprint density at radius 1 is 0.857 bits per heavy atom. The molecule has 0 radical (unpaired) electrons. The van der Waals surface area contributed by atoms with Gasteiger partial charge in [0.05, 0.1) is 12.0 Å². The fraction of sp³-hybridized carbons (Fsp3) is 0.400. The number of halogens is 1. The lowest BCUT2D eigenvalue weighted by Crippen LogP contribution is -2.27. The minimum absolute atomic E-state index is 0.0351. The van der Waals surface area contributed by atoms with Gasteiger partial charge in [0.25, 0.3) is 0 Å². The molecule has 0 amide bonds. The maximum atomic E-state index is 16.2. The first-order valence-electron chi connectivity index (χ1n) is 16.1. The summed E-state index contributed by atoms with van der Waals surface area (Å²) in [6.07, 6.45) is 18.2. The molecule has 0 aliphatic heterocycles. The number of benzene rings is 3. The van der Waals surface area contributed by atoms with E-state index in [0.29, 0.717) is 18.4 Å².